The lowest BCUT2D eigenvalue weighted by molar-refractivity contribution is 0.385. The van der Waals surface area contributed by atoms with Gasteiger partial charge in [0.2, 0.25) is 10.0 Å². The summed E-state index contributed by atoms with van der Waals surface area (Å²) in [6, 6.07) is 4.90. The Morgan fingerprint density at radius 2 is 2.23 bits per heavy atom. The maximum Gasteiger partial charge on any atom is 0.211 e. The first kappa shape index (κ1) is 17.2. The van der Waals surface area contributed by atoms with Crippen molar-refractivity contribution in [1.29, 1.82) is 0 Å². The summed E-state index contributed by atoms with van der Waals surface area (Å²) in [7, 11) is -1.66. The fourth-order valence-corrected chi connectivity index (χ4v) is 3.60. The molecule has 2 atom stereocenters. The highest BCUT2D eigenvalue weighted by Gasteiger charge is 2.28. The van der Waals surface area contributed by atoms with Crippen LogP contribution in [0.1, 0.15) is 24.9 Å². The summed E-state index contributed by atoms with van der Waals surface area (Å²) in [5.41, 5.74) is 0.844. The van der Waals surface area contributed by atoms with Crippen molar-refractivity contribution in [2.45, 2.75) is 19.4 Å². The molecule has 1 aromatic carbocycles. The molecule has 0 amide bonds. The molecule has 0 aromatic heterocycles. The smallest absolute Gasteiger partial charge is 0.211 e. The van der Waals surface area contributed by atoms with Crippen molar-refractivity contribution < 1.29 is 17.5 Å². The van der Waals surface area contributed by atoms with E-state index in [1.165, 1.54) is 23.7 Å². The topological polar surface area (TPSA) is 58.6 Å². The minimum atomic E-state index is -3.10. The SMILES string of the molecule is COc1ccc(C(C)NCC2CCN(S(C)(=O)=O)C2)cc1F. The molecule has 5 nitrogen and oxygen atoms in total. The molecule has 0 bridgehead atoms. The predicted octanol–water partition coefficient (Wildman–Crippen LogP) is 1.77. The quantitative estimate of drug-likeness (QED) is 0.864. The molecule has 1 heterocycles. The number of rotatable bonds is 6. The molecule has 22 heavy (non-hydrogen) atoms. The van der Waals surface area contributed by atoms with Gasteiger partial charge in [-0.05, 0) is 43.5 Å². The molecular formula is C15H23FN2O3S. The summed E-state index contributed by atoms with van der Waals surface area (Å²) in [5.74, 6) is 0.147. The normalized spacial score (nSPS) is 21.0. The lowest BCUT2D eigenvalue weighted by Crippen LogP contribution is -2.31. The molecule has 1 saturated heterocycles. The van der Waals surface area contributed by atoms with Crippen LogP contribution in [-0.4, -0.2) is 45.7 Å². The van der Waals surface area contributed by atoms with E-state index >= 15 is 0 Å². The number of hydrogen-bond donors (Lipinski definition) is 1. The molecule has 1 aliphatic heterocycles. The van der Waals surface area contributed by atoms with Gasteiger partial charge in [0.1, 0.15) is 0 Å². The molecule has 1 aliphatic rings. The van der Waals surface area contributed by atoms with Crippen LogP contribution in [0, 0.1) is 11.7 Å². The number of nitrogens with zero attached hydrogens (tertiary/aromatic N) is 1. The standard InChI is InChI=1S/C15H23FN2O3S/c1-11(13-4-5-15(21-2)14(16)8-13)17-9-12-6-7-18(10-12)22(3,19)20/h4-5,8,11-12,17H,6-7,9-10H2,1-3H3. The molecule has 0 radical (unpaired) electrons. The van der Waals surface area contributed by atoms with Gasteiger partial charge in [0.05, 0.1) is 13.4 Å². The fraction of sp³-hybridized carbons (Fsp3) is 0.600. The van der Waals surface area contributed by atoms with Crippen molar-refractivity contribution in [1.82, 2.24) is 9.62 Å². The Bertz CT molecular complexity index is 621. The zero-order chi connectivity index (χ0) is 16.3. The van der Waals surface area contributed by atoms with Crippen molar-refractivity contribution in [3.05, 3.63) is 29.6 Å². The number of nitrogens with one attached hydrogen (secondary N) is 1. The van der Waals surface area contributed by atoms with Gasteiger partial charge >= 0.3 is 0 Å². The Hall–Kier alpha value is -1.18. The summed E-state index contributed by atoms with van der Waals surface area (Å²) >= 11 is 0. The summed E-state index contributed by atoms with van der Waals surface area (Å²) < 4.78 is 43.1. The van der Waals surface area contributed by atoms with Crippen LogP contribution in [0.4, 0.5) is 4.39 Å². The van der Waals surface area contributed by atoms with E-state index in [4.69, 9.17) is 4.74 Å². The van der Waals surface area contributed by atoms with Crippen molar-refractivity contribution in [2.24, 2.45) is 5.92 Å². The largest absolute Gasteiger partial charge is 0.494 e. The minimum absolute atomic E-state index is 0.00677. The molecule has 7 heteroatoms. The van der Waals surface area contributed by atoms with Gasteiger partial charge in [0.25, 0.3) is 0 Å². The van der Waals surface area contributed by atoms with Crippen LogP contribution in [0.25, 0.3) is 0 Å². The lowest BCUT2D eigenvalue weighted by Gasteiger charge is -2.18. The van der Waals surface area contributed by atoms with Crippen LogP contribution < -0.4 is 10.1 Å². The summed E-state index contributed by atoms with van der Waals surface area (Å²) in [6.45, 7) is 3.80. The third-order valence-corrected chi connectivity index (χ3v) is 5.38. The number of hydrogen-bond acceptors (Lipinski definition) is 4. The number of methoxy groups -OCH3 is 1. The van der Waals surface area contributed by atoms with Crippen molar-refractivity contribution in [2.75, 3.05) is 33.0 Å². The van der Waals surface area contributed by atoms with E-state index in [9.17, 15) is 12.8 Å². The van der Waals surface area contributed by atoms with E-state index in [2.05, 4.69) is 5.32 Å². The highest BCUT2D eigenvalue weighted by molar-refractivity contribution is 7.88. The number of ether oxygens (including phenoxy) is 1. The van der Waals surface area contributed by atoms with Crippen LogP contribution in [0.2, 0.25) is 0 Å². The number of sulfonamides is 1. The predicted molar refractivity (Wildman–Crippen MR) is 83.9 cm³/mol. The molecule has 0 spiro atoms. The highest BCUT2D eigenvalue weighted by atomic mass is 32.2. The molecular weight excluding hydrogens is 307 g/mol. The second kappa shape index (κ2) is 6.93. The third kappa shape index (κ3) is 4.18. The Morgan fingerprint density at radius 1 is 1.50 bits per heavy atom. The maximum atomic E-state index is 13.7. The van der Waals surface area contributed by atoms with E-state index in [0.29, 0.717) is 25.6 Å². The molecule has 0 saturated carbocycles. The zero-order valence-corrected chi connectivity index (χ0v) is 14.0. The zero-order valence-electron chi connectivity index (χ0n) is 13.2. The van der Waals surface area contributed by atoms with Crippen LogP contribution in [0.5, 0.6) is 5.75 Å². The average Bonchev–Trinajstić information content (AvgIpc) is 2.93. The molecule has 1 aromatic rings. The van der Waals surface area contributed by atoms with Gasteiger partial charge in [0.15, 0.2) is 11.6 Å². The van der Waals surface area contributed by atoms with Crippen molar-refractivity contribution in [3.63, 3.8) is 0 Å². The van der Waals surface area contributed by atoms with Crippen LogP contribution in [0.3, 0.4) is 0 Å². The minimum Gasteiger partial charge on any atom is -0.494 e. The first-order valence-corrected chi connectivity index (χ1v) is 9.18. The second-order valence-corrected chi connectivity index (χ2v) is 7.78. The molecule has 1 fully saturated rings. The Balaban J connectivity index is 1.88. The summed E-state index contributed by atoms with van der Waals surface area (Å²) in [6.07, 6.45) is 2.09. The average molecular weight is 330 g/mol. The summed E-state index contributed by atoms with van der Waals surface area (Å²) in [5, 5.41) is 3.35. The van der Waals surface area contributed by atoms with Crippen molar-refractivity contribution >= 4 is 10.0 Å². The van der Waals surface area contributed by atoms with Gasteiger partial charge in [-0.15, -0.1) is 0 Å². The van der Waals surface area contributed by atoms with Gasteiger partial charge < -0.3 is 10.1 Å². The van der Waals surface area contributed by atoms with Gasteiger partial charge in [0, 0.05) is 19.1 Å². The first-order chi connectivity index (χ1) is 10.3. The van der Waals surface area contributed by atoms with E-state index < -0.39 is 10.0 Å². The molecule has 2 unspecified atom stereocenters. The van der Waals surface area contributed by atoms with E-state index in [0.717, 1.165) is 12.0 Å². The molecule has 0 aliphatic carbocycles. The van der Waals surface area contributed by atoms with Crippen LogP contribution in [-0.2, 0) is 10.0 Å². The van der Waals surface area contributed by atoms with Gasteiger partial charge in [-0.1, -0.05) is 6.07 Å². The maximum absolute atomic E-state index is 13.7. The Kier molecular flexibility index (Phi) is 5.41. The van der Waals surface area contributed by atoms with Crippen LogP contribution in [0.15, 0.2) is 18.2 Å². The fourth-order valence-electron chi connectivity index (χ4n) is 2.68. The highest BCUT2D eigenvalue weighted by Crippen LogP contribution is 2.23. The Labute approximate surface area is 131 Å². The molecule has 1 N–H and O–H groups in total. The van der Waals surface area contributed by atoms with Crippen LogP contribution >= 0.6 is 0 Å². The second-order valence-electron chi connectivity index (χ2n) is 5.80. The van der Waals surface area contributed by atoms with E-state index in [1.807, 2.05) is 13.0 Å². The number of benzene rings is 1. The van der Waals surface area contributed by atoms with E-state index in [-0.39, 0.29) is 17.6 Å². The van der Waals surface area contributed by atoms with Gasteiger partial charge in [-0.25, -0.2) is 17.1 Å². The van der Waals surface area contributed by atoms with Gasteiger partial charge in [-0.2, -0.15) is 0 Å². The molecule has 2 rings (SSSR count). The lowest BCUT2D eigenvalue weighted by atomic mass is 10.1. The van der Waals surface area contributed by atoms with Gasteiger partial charge in [-0.3, -0.25) is 0 Å². The Morgan fingerprint density at radius 3 is 2.77 bits per heavy atom. The number of halogens is 1. The monoisotopic (exact) mass is 330 g/mol. The third-order valence-electron chi connectivity index (χ3n) is 4.11. The van der Waals surface area contributed by atoms with E-state index in [1.54, 1.807) is 6.07 Å². The van der Waals surface area contributed by atoms with Crippen molar-refractivity contribution in [3.8, 4) is 5.75 Å². The molecule has 124 valence electrons. The first-order valence-electron chi connectivity index (χ1n) is 7.33. The summed E-state index contributed by atoms with van der Waals surface area (Å²) in [4.78, 5) is 0.